The molecule has 0 aliphatic carbocycles. The van der Waals surface area contributed by atoms with Crippen LogP contribution in [-0.4, -0.2) is 42.0 Å². The van der Waals surface area contributed by atoms with Crippen molar-refractivity contribution < 1.29 is 19.1 Å². The zero-order chi connectivity index (χ0) is 21.7. The van der Waals surface area contributed by atoms with Gasteiger partial charge in [0.25, 0.3) is 0 Å². The molecule has 3 rings (SSSR count). The summed E-state index contributed by atoms with van der Waals surface area (Å²) in [5, 5.41) is 3.11. The molecule has 1 amide bonds. The highest BCUT2D eigenvalue weighted by Crippen LogP contribution is 2.20. The zero-order valence-corrected chi connectivity index (χ0v) is 17.5. The Labute approximate surface area is 176 Å². The minimum Gasteiger partial charge on any atom is -0.497 e. The number of anilines is 1. The lowest BCUT2D eigenvalue weighted by Crippen LogP contribution is -2.46. The molecular formula is C23H25N3O4. The van der Waals surface area contributed by atoms with Crippen molar-refractivity contribution in [3.8, 4) is 5.75 Å². The molecule has 2 aromatic rings. The molecule has 1 aliphatic heterocycles. The summed E-state index contributed by atoms with van der Waals surface area (Å²) in [6.45, 7) is 5.40. The number of aliphatic imine (C=N–C) groups is 1. The van der Waals surface area contributed by atoms with Gasteiger partial charge >= 0.3 is 6.09 Å². The fourth-order valence-electron chi connectivity index (χ4n) is 2.77. The van der Waals surface area contributed by atoms with Gasteiger partial charge in [0.1, 0.15) is 11.4 Å². The number of carbonyl (C=O) groups is 2. The number of rotatable bonds is 4. The smallest absolute Gasteiger partial charge is 0.417 e. The second-order valence-corrected chi connectivity index (χ2v) is 7.72. The van der Waals surface area contributed by atoms with E-state index < -0.39 is 11.7 Å². The maximum absolute atomic E-state index is 12.9. The van der Waals surface area contributed by atoms with Gasteiger partial charge in [-0.15, -0.1) is 0 Å². The second kappa shape index (κ2) is 8.82. The van der Waals surface area contributed by atoms with E-state index in [0.29, 0.717) is 22.8 Å². The Morgan fingerprint density at radius 2 is 1.70 bits per heavy atom. The van der Waals surface area contributed by atoms with Gasteiger partial charge in [-0.3, -0.25) is 4.79 Å². The molecule has 0 saturated carbocycles. The summed E-state index contributed by atoms with van der Waals surface area (Å²) < 4.78 is 10.7. The molecular weight excluding hydrogens is 382 g/mol. The van der Waals surface area contributed by atoms with E-state index in [4.69, 9.17) is 9.47 Å². The van der Waals surface area contributed by atoms with Crippen LogP contribution in [0.3, 0.4) is 0 Å². The molecule has 0 saturated heterocycles. The van der Waals surface area contributed by atoms with Crippen molar-refractivity contribution >= 4 is 23.5 Å². The molecule has 7 heteroatoms. The zero-order valence-electron chi connectivity index (χ0n) is 17.5. The number of benzene rings is 2. The summed E-state index contributed by atoms with van der Waals surface area (Å²) in [4.78, 5) is 31.4. The molecule has 30 heavy (non-hydrogen) atoms. The highest BCUT2D eigenvalue weighted by Gasteiger charge is 2.30. The number of ether oxygens (including phenoxy) is 2. The van der Waals surface area contributed by atoms with Crippen molar-refractivity contribution in [1.29, 1.82) is 0 Å². The fraction of sp³-hybridized carbons (Fsp3) is 0.261. The minimum absolute atomic E-state index is 0.0401. The number of amides is 1. The highest BCUT2D eigenvalue weighted by molar-refractivity contribution is 6.12. The van der Waals surface area contributed by atoms with E-state index in [0.717, 1.165) is 5.69 Å². The monoisotopic (exact) mass is 407 g/mol. The molecule has 0 fully saturated rings. The minimum atomic E-state index is -0.684. The van der Waals surface area contributed by atoms with Crippen molar-refractivity contribution in [2.45, 2.75) is 26.4 Å². The van der Waals surface area contributed by atoms with Gasteiger partial charge in [0.05, 0.1) is 13.7 Å². The van der Waals surface area contributed by atoms with Gasteiger partial charge in [-0.25, -0.2) is 14.7 Å². The number of nitrogens with zero attached hydrogens (tertiary/aromatic N) is 2. The predicted molar refractivity (Wildman–Crippen MR) is 116 cm³/mol. The average Bonchev–Trinajstić information content (AvgIpc) is 2.73. The fourth-order valence-corrected chi connectivity index (χ4v) is 2.77. The molecule has 0 atom stereocenters. The molecule has 0 spiro atoms. The first-order valence-corrected chi connectivity index (χ1v) is 9.55. The van der Waals surface area contributed by atoms with Gasteiger partial charge in [-0.05, 0) is 57.2 Å². The first kappa shape index (κ1) is 21.1. The molecule has 7 nitrogen and oxygen atoms in total. The van der Waals surface area contributed by atoms with Crippen LogP contribution >= 0.6 is 0 Å². The molecule has 1 aliphatic rings. The first-order chi connectivity index (χ1) is 14.3. The Kier molecular flexibility index (Phi) is 6.20. The standard InChI is InChI=1S/C23H25N3O4/c1-23(2,3)30-22(28)26-15-17(20(27)16-10-12-19(29-4)13-11-16)14-24-21(26)25-18-8-6-5-7-9-18/h5-14H,15H2,1-4H3,(H,24,25). The van der Waals surface area contributed by atoms with Crippen LogP contribution < -0.4 is 10.1 Å². The van der Waals surface area contributed by atoms with Crippen molar-refractivity contribution in [3.63, 3.8) is 0 Å². The van der Waals surface area contributed by atoms with Gasteiger partial charge in [0.15, 0.2) is 5.78 Å². The van der Waals surface area contributed by atoms with E-state index in [2.05, 4.69) is 10.3 Å². The number of Topliss-reactive ketones (excluding diaryl/α,β-unsaturated/α-hetero) is 1. The Morgan fingerprint density at radius 3 is 2.30 bits per heavy atom. The van der Waals surface area contributed by atoms with Gasteiger partial charge in [0.2, 0.25) is 5.96 Å². The molecule has 1 heterocycles. The molecule has 2 aromatic carbocycles. The van der Waals surface area contributed by atoms with E-state index in [1.54, 1.807) is 52.1 Å². The van der Waals surface area contributed by atoms with Crippen LogP contribution in [0.5, 0.6) is 5.75 Å². The van der Waals surface area contributed by atoms with Crippen LogP contribution in [0.2, 0.25) is 0 Å². The summed E-state index contributed by atoms with van der Waals surface area (Å²) >= 11 is 0. The average molecular weight is 407 g/mol. The van der Waals surface area contributed by atoms with Crippen LogP contribution in [0.15, 0.2) is 71.4 Å². The van der Waals surface area contributed by atoms with Gasteiger partial charge in [-0.2, -0.15) is 0 Å². The maximum atomic E-state index is 12.9. The molecule has 1 N–H and O–H groups in total. The van der Waals surface area contributed by atoms with Crippen LogP contribution in [0, 0.1) is 0 Å². The number of ketones is 1. The van der Waals surface area contributed by atoms with Crippen LogP contribution in [0.25, 0.3) is 0 Å². The summed E-state index contributed by atoms with van der Waals surface area (Å²) in [6, 6.07) is 16.2. The number of para-hydroxylation sites is 1. The van der Waals surface area contributed by atoms with Crippen molar-refractivity contribution in [2.75, 3.05) is 19.0 Å². The van der Waals surface area contributed by atoms with Gasteiger partial charge in [-0.1, -0.05) is 18.2 Å². The normalized spacial score (nSPS) is 13.8. The third-order valence-electron chi connectivity index (χ3n) is 4.21. The lowest BCUT2D eigenvalue weighted by molar-refractivity contribution is 0.0379. The molecule has 0 bridgehead atoms. The highest BCUT2D eigenvalue weighted by atomic mass is 16.6. The van der Waals surface area contributed by atoms with Crippen LogP contribution in [0.4, 0.5) is 10.5 Å². The maximum Gasteiger partial charge on any atom is 0.417 e. The van der Waals surface area contributed by atoms with E-state index in [9.17, 15) is 9.59 Å². The number of hydrogen-bond acceptors (Lipinski definition) is 6. The lowest BCUT2D eigenvalue weighted by Gasteiger charge is -2.30. The Balaban J connectivity index is 1.88. The van der Waals surface area contributed by atoms with Crippen molar-refractivity contribution in [3.05, 3.63) is 71.9 Å². The van der Waals surface area contributed by atoms with Crippen LogP contribution in [0.1, 0.15) is 31.1 Å². The van der Waals surface area contributed by atoms with E-state index in [1.807, 2.05) is 30.3 Å². The second-order valence-electron chi connectivity index (χ2n) is 7.72. The quantitative estimate of drug-likeness (QED) is 0.756. The third-order valence-corrected chi connectivity index (χ3v) is 4.21. The third kappa shape index (κ3) is 5.26. The number of carbonyl (C=O) groups excluding carboxylic acids is 2. The summed E-state index contributed by atoms with van der Waals surface area (Å²) in [6.07, 6.45) is 0.899. The van der Waals surface area contributed by atoms with Crippen molar-refractivity contribution in [2.24, 2.45) is 4.99 Å². The lowest BCUT2D eigenvalue weighted by atomic mass is 10.0. The number of hydrogen-bond donors (Lipinski definition) is 1. The topological polar surface area (TPSA) is 80.2 Å². The molecule has 0 radical (unpaired) electrons. The molecule has 0 aromatic heterocycles. The number of methoxy groups -OCH3 is 1. The van der Waals surface area contributed by atoms with Gasteiger partial charge in [0, 0.05) is 23.0 Å². The predicted octanol–water partition coefficient (Wildman–Crippen LogP) is 4.48. The summed E-state index contributed by atoms with van der Waals surface area (Å²) in [5.41, 5.74) is 0.949. The summed E-state index contributed by atoms with van der Waals surface area (Å²) in [7, 11) is 1.56. The largest absolute Gasteiger partial charge is 0.497 e. The van der Waals surface area contributed by atoms with E-state index in [1.165, 1.54) is 11.1 Å². The SMILES string of the molecule is COc1ccc(C(=O)C2=CN=C(Nc3ccccc3)N(C(=O)OC(C)(C)C)C2)cc1. The van der Waals surface area contributed by atoms with E-state index in [-0.39, 0.29) is 12.3 Å². The Hall–Kier alpha value is -3.61. The number of guanidine groups is 1. The van der Waals surface area contributed by atoms with Gasteiger partial charge < -0.3 is 14.8 Å². The Morgan fingerprint density at radius 1 is 1.03 bits per heavy atom. The molecule has 0 unspecified atom stereocenters. The van der Waals surface area contributed by atoms with E-state index >= 15 is 0 Å². The van der Waals surface area contributed by atoms with Crippen molar-refractivity contribution in [1.82, 2.24) is 4.90 Å². The summed E-state index contributed by atoms with van der Waals surface area (Å²) in [5.74, 6) is 0.738. The first-order valence-electron chi connectivity index (χ1n) is 9.55. The molecule has 156 valence electrons. The number of nitrogens with one attached hydrogen (secondary N) is 1. The van der Waals surface area contributed by atoms with Crippen LogP contribution in [-0.2, 0) is 4.74 Å². The Bertz CT molecular complexity index is 974.